The normalized spacial score (nSPS) is 38.3. The van der Waals surface area contributed by atoms with Gasteiger partial charge in [-0.05, 0) is 25.3 Å². The van der Waals surface area contributed by atoms with E-state index in [1.54, 1.807) is 0 Å². The molecule has 26 heavy (non-hydrogen) atoms. The molecule has 0 aromatic heterocycles. The zero-order valence-electron chi connectivity index (χ0n) is 16.4. The molecular weight excluding hydrogens is 330 g/mol. The lowest BCUT2D eigenvalue weighted by Crippen LogP contribution is -2.63. The minimum atomic E-state index is -1.15. The molecule has 5 heteroatoms. The third-order valence-electron chi connectivity index (χ3n) is 5.66. The molecule has 4 N–H and O–H groups in total. The largest absolute Gasteiger partial charge is 0.394 e. The molecule has 1 aliphatic carbocycles. The van der Waals surface area contributed by atoms with E-state index in [0.29, 0.717) is 5.92 Å². The lowest BCUT2D eigenvalue weighted by molar-refractivity contribution is -0.183. The van der Waals surface area contributed by atoms with Gasteiger partial charge in [0.05, 0.1) is 12.6 Å². The summed E-state index contributed by atoms with van der Waals surface area (Å²) in [4.78, 5) is 0. The van der Waals surface area contributed by atoms with Crippen molar-refractivity contribution in [1.29, 1.82) is 0 Å². The van der Waals surface area contributed by atoms with Gasteiger partial charge in [0.15, 0.2) is 0 Å². The maximum atomic E-state index is 10.7. The van der Waals surface area contributed by atoms with E-state index in [1.165, 1.54) is 0 Å². The van der Waals surface area contributed by atoms with Gasteiger partial charge in [-0.1, -0.05) is 57.2 Å². The molecule has 0 amide bonds. The van der Waals surface area contributed by atoms with Crippen LogP contribution in [0.5, 0.6) is 0 Å². The monoisotopic (exact) mass is 363 g/mol. The van der Waals surface area contributed by atoms with E-state index in [2.05, 4.69) is 38.2 Å². The van der Waals surface area contributed by atoms with Crippen molar-refractivity contribution in [2.45, 2.75) is 65.1 Å². The molecule has 0 spiro atoms. The standard InChI is InChI=1S/C21H33NO4/c1-6-14(4)22-17-19(25)18(24)16(12-23)26-20(17)15-9-7-8-10-21(5,11-15)13(2)3/h6-11,13,16-20,22-25H,12H2,1-5H3/b14-6-/t16?,17-,18+,19-,20-,21?/m1/s1. The summed E-state index contributed by atoms with van der Waals surface area (Å²) in [6.45, 7) is 9.97. The van der Waals surface area contributed by atoms with Crippen LogP contribution < -0.4 is 5.32 Å². The van der Waals surface area contributed by atoms with Crippen LogP contribution in [0.25, 0.3) is 0 Å². The van der Waals surface area contributed by atoms with Gasteiger partial charge in [0.1, 0.15) is 24.4 Å². The quantitative estimate of drug-likeness (QED) is 0.601. The summed E-state index contributed by atoms with van der Waals surface area (Å²) in [5, 5.41) is 33.9. The molecule has 5 nitrogen and oxygen atoms in total. The van der Waals surface area contributed by atoms with E-state index in [4.69, 9.17) is 4.74 Å². The van der Waals surface area contributed by atoms with Crippen molar-refractivity contribution in [1.82, 2.24) is 5.32 Å². The van der Waals surface area contributed by atoms with Crippen molar-refractivity contribution in [3.63, 3.8) is 0 Å². The van der Waals surface area contributed by atoms with Crippen LogP contribution in [0.2, 0.25) is 0 Å². The van der Waals surface area contributed by atoms with E-state index in [1.807, 2.05) is 38.2 Å². The number of ether oxygens (including phenoxy) is 1. The van der Waals surface area contributed by atoms with Gasteiger partial charge in [-0.15, -0.1) is 0 Å². The van der Waals surface area contributed by atoms with Crippen LogP contribution in [-0.4, -0.2) is 52.4 Å². The number of hydrogen-bond donors (Lipinski definition) is 4. The summed E-state index contributed by atoms with van der Waals surface area (Å²) in [7, 11) is 0. The molecule has 1 aliphatic heterocycles. The smallest absolute Gasteiger partial charge is 0.110 e. The number of aliphatic hydroxyl groups excluding tert-OH is 3. The number of aliphatic hydroxyl groups is 3. The SMILES string of the molecule is C/C=C(/C)N[C@@H]1[C@@H](O)[C@@H](O)C(CO)O[C@@H]1C1=CC(C)(C(C)C)C=CC=C1. The topological polar surface area (TPSA) is 82.0 Å². The molecule has 2 unspecified atom stereocenters. The van der Waals surface area contributed by atoms with E-state index in [0.717, 1.165) is 11.3 Å². The van der Waals surface area contributed by atoms with Crippen LogP contribution in [0, 0.1) is 11.3 Å². The summed E-state index contributed by atoms with van der Waals surface area (Å²) in [5.74, 6) is 0.380. The maximum Gasteiger partial charge on any atom is 0.110 e. The number of nitrogens with one attached hydrogen (secondary N) is 1. The van der Waals surface area contributed by atoms with Crippen molar-refractivity contribution in [2.75, 3.05) is 6.61 Å². The Balaban J connectivity index is 2.45. The minimum Gasteiger partial charge on any atom is -0.394 e. The van der Waals surface area contributed by atoms with Crippen LogP contribution >= 0.6 is 0 Å². The van der Waals surface area contributed by atoms with E-state index in [-0.39, 0.29) is 12.0 Å². The van der Waals surface area contributed by atoms with Gasteiger partial charge >= 0.3 is 0 Å². The molecular formula is C21H33NO4. The zero-order chi connectivity index (χ0) is 19.5. The molecule has 2 aliphatic rings. The summed E-state index contributed by atoms with van der Waals surface area (Å²) in [6, 6.07) is -0.519. The number of hydrogen-bond acceptors (Lipinski definition) is 5. The molecule has 1 saturated heterocycles. The molecule has 2 rings (SSSR count). The van der Waals surface area contributed by atoms with Gasteiger partial charge in [-0.3, -0.25) is 0 Å². The van der Waals surface area contributed by atoms with E-state index < -0.39 is 30.5 Å². The number of rotatable bonds is 5. The minimum absolute atomic E-state index is 0.155. The Kier molecular flexibility index (Phi) is 6.86. The van der Waals surface area contributed by atoms with Gasteiger partial charge in [-0.2, -0.15) is 0 Å². The predicted octanol–water partition coefficient (Wildman–Crippen LogP) is 2.06. The summed E-state index contributed by atoms with van der Waals surface area (Å²) in [5.41, 5.74) is 1.66. The first-order chi connectivity index (χ1) is 12.2. The fourth-order valence-electron chi connectivity index (χ4n) is 3.33. The Labute approximate surface area is 156 Å². The van der Waals surface area contributed by atoms with Crippen molar-refractivity contribution in [3.8, 4) is 0 Å². The second kappa shape index (κ2) is 8.53. The Hall–Kier alpha value is -1.40. The molecule has 6 atom stereocenters. The first kappa shape index (κ1) is 20.9. The second-order valence-electron chi connectivity index (χ2n) is 7.78. The van der Waals surface area contributed by atoms with Gasteiger partial charge in [-0.25, -0.2) is 0 Å². The molecule has 1 heterocycles. The predicted molar refractivity (Wildman–Crippen MR) is 103 cm³/mol. The average Bonchev–Trinajstić information content (AvgIpc) is 2.82. The zero-order valence-corrected chi connectivity index (χ0v) is 16.4. The first-order valence-corrected chi connectivity index (χ1v) is 9.34. The van der Waals surface area contributed by atoms with Crippen LogP contribution in [0.4, 0.5) is 0 Å². The van der Waals surface area contributed by atoms with Gasteiger partial charge in [0.2, 0.25) is 0 Å². The van der Waals surface area contributed by atoms with Gasteiger partial charge in [0, 0.05) is 11.1 Å². The van der Waals surface area contributed by atoms with Crippen LogP contribution in [-0.2, 0) is 4.74 Å². The lowest BCUT2D eigenvalue weighted by Gasteiger charge is -2.44. The molecule has 146 valence electrons. The molecule has 0 aromatic rings. The van der Waals surface area contributed by atoms with Crippen LogP contribution in [0.3, 0.4) is 0 Å². The second-order valence-corrected chi connectivity index (χ2v) is 7.78. The Bertz CT molecular complexity index is 607. The highest BCUT2D eigenvalue weighted by atomic mass is 16.5. The number of allylic oxidation sites excluding steroid dienone is 6. The highest BCUT2D eigenvalue weighted by Crippen LogP contribution is 2.36. The average molecular weight is 363 g/mol. The summed E-state index contributed by atoms with van der Waals surface area (Å²) >= 11 is 0. The Morgan fingerprint density at radius 2 is 2.00 bits per heavy atom. The van der Waals surface area contributed by atoms with E-state index in [9.17, 15) is 15.3 Å². The highest BCUT2D eigenvalue weighted by molar-refractivity contribution is 5.36. The molecule has 0 bridgehead atoms. The van der Waals surface area contributed by atoms with Crippen molar-refractivity contribution >= 4 is 0 Å². The maximum absolute atomic E-state index is 10.7. The van der Waals surface area contributed by atoms with Crippen molar-refractivity contribution in [3.05, 3.63) is 47.7 Å². The summed E-state index contributed by atoms with van der Waals surface area (Å²) < 4.78 is 6.05. The van der Waals surface area contributed by atoms with Crippen molar-refractivity contribution in [2.24, 2.45) is 11.3 Å². The molecule has 0 aromatic carbocycles. The fraction of sp³-hybridized carbons (Fsp3) is 0.619. The van der Waals surface area contributed by atoms with Crippen LogP contribution in [0.15, 0.2) is 47.7 Å². The Morgan fingerprint density at radius 3 is 2.58 bits per heavy atom. The first-order valence-electron chi connectivity index (χ1n) is 9.34. The Morgan fingerprint density at radius 1 is 1.31 bits per heavy atom. The fourth-order valence-corrected chi connectivity index (χ4v) is 3.33. The van der Waals surface area contributed by atoms with Crippen LogP contribution in [0.1, 0.15) is 34.6 Å². The molecule has 0 radical (unpaired) electrons. The van der Waals surface area contributed by atoms with Crippen molar-refractivity contribution < 1.29 is 20.1 Å². The molecule has 0 saturated carbocycles. The third kappa shape index (κ3) is 4.29. The van der Waals surface area contributed by atoms with E-state index >= 15 is 0 Å². The van der Waals surface area contributed by atoms with Gasteiger partial charge in [0.25, 0.3) is 0 Å². The summed E-state index contributed by atoms with van der Waals surface area (Å²) in [6.07, 6.45) is 8.69. The molecule has 1 fully saturated rings. The van der Waals surface area contributed by atoms with Gasteiger partial charge < -0.3 is 25.4 Å². The lowest BCUT2D eigenvalue weighted by atomic mass is 9.76. The third-order valence-corrected chi connectivity index (χ3v) is 5.66. The highest BCUT2D eigenvalue weighted by Gasteiger charge is 2.45.